The van der Waals surface area contributed by atoms with Crippen molar-refractivity contribution in [3.05, 3.63) is 35.9 Å². The van der Waals surface area contributed by atoms with Gasteiger partial charge in [0.05, 0.1) is 0 Å². The van der Waals surface area contributed by atoms with Gasteiger partial charge in [-0.25, -0.2) is 0 Å². The molecule has 1 aromatic carbocycles. The zero-order valence-electron chi connectivity index (χ0n) is 6.49. The SMILES string of the molecule is O=C1C=Cc2ccccc2OC1. The van der Waals surface area contributed by atoms with Gasteiger partial charge in [-0.15, -0.1) is 0 Å². The number of benzene rings is 1. The van der Waals surface area contributed by atoms with Gasteiger partial charge in [-0.1, -0.05) is 18.2 Å². The summed E-state index contributed by atoms with van der Waals surface area (Å²) in [6, 6.07) is 7.59. The summed E-state index contributed by atoms with van der Waals surface area (Å²) in [4.78, 5) is 10.9. The van der Waals surface area contributed by atoms with Crippen LogP contribution >= 0.6 is 0 Å². The van der Waals surface area contributed by atoms with Gasteiger partial charge in [0.15, 0.2) is 12.4 Å². The van der Waals surface area contributed by atoms with Crippen molar-refractivity contribution in [3.8, 4) is 5.75 Å². The second-order valence-electron chi connectivity index (χ2n) is 2.63. The maximum absolute atomic E-state index is 10.9. The van der Waals surface area contributed by atoms with E-state index in [0.29, 0.717) is 0 Å². The fourth-order valence-electron chi connectivity index (χ4n) is 1.13. The third-order valence-electron chi connectivity index (χ3n) is 1.74. The number of hydrogen-bond donors (Lipinski definition) is 0. The fraction of sp³-hybridized carbons (Fsp3) is 0.100. The predicted molar refractivity (Wildman–Crippen MR) is 46.0 cm³/mol. The zero-order valence-corrected chi connectivity index (χ0v) is 6.49. The lowest BCUT2D eigenvalue weighted by molar-refractivity contribution is -0.116. The van der Waals surface area contributed by atoms with E-state index in [4.69, 9.17) is 4.74 Å². The number of carbonyl (C=O) groups excluding carboxylic acids is 1. The molecule has 0 unspecified atom stereocenters. The molecule has 0 aromatic heterocycles. The summed E-state index contributed by atoms with van der Waals surface area (Å²) in [5, 5.41) is 0. The van der Waals surface area contributed by atoms with Crippen LogP contribution in [-0.4, -0.2) is 12.4 Å². The van der Waals surface area contributed by atoms with E-state index in [0.717, 1.165) is 11.3 Å². The van der Waals surface area contributed by atoms with Gasteiger partial charge in [-0.2, -0.15) is 0 Å². The first-order chi connectivity index (χ1) is 5.86. The van der Waals surface area contributed by atoms with Gasteiger partial charge in [0.1, 0.15) is 5.75 Å². The molecule has 12 heavy (non-hydrogen) atoms. The quantitative estimate of drug-likeness (QED) is 0.577. The molecule has 0 atom stereocenters. The molecular formula is C10H8O2. The average Bonchev–Trinajstić information content (AvgIpc) is 2.29. The van der Waals surface area contributed by atoms with Crippen LogP contribution < -0.4 is 4.74 Å². The molecule has 0 amide bonds. The smallest absolute Gasteiger partial charge is 0.193 e. The Labute approximate surface area is 70.5 Å². The largest absolute Gasteiger partial charge is 0.485 e. The number of rotatable bonds is 0. The first-order valence-electron chi connectivity index (χ1n) is 3.79. The summed E-state index contributed by atoms with van der Waals surface area (Å²) >= 11 is 0. The lowest BCUT2D eigenvalue weighted by atomic mass is 10.2. The Morgan fingerprint density at radius 3 is 2.92 bits per heavy atom. The average molecular weight is 160 g/mol. The highest BCUT2D eigenvalue weighted by molar-refractivity contribution is 5.95. The first kappa shape index (κ1) is 7.10. The molecule has 0 saturated carbocycles. The minimum atomic E-state index is 0.00574. The van der Waals surface area contributed by atoms with Gasteiger partial charge in [0.2, 0.25) is 0 Å². The molecule has 0 radical (unpaired) electrons. The Morgan fingerprint density at radius 2 is 2.00 bits per heavy atom. The Morgan fingerprint density at radius 1 is 1.17 bits per heavy atom. The van der Waals surface area contributed by atoms with Crippen LogP contribution in [0.4, 0.5) is 0 Å². The van der Waals surface area contributed by atoms with Crippen molar-refractivity contribution in [1.82, 2.24) is 0 Å². The van der Waals surface area contributed by atoms with Gasteiger partial charge in [0, 0.05) is 5.56 Å². The topological polar surface area (TPSA) is 26.3 Å². The standard InChI is InChI=1S/C10H8O2/c11-9-6-5-8-3-1-2-4-10(8)12-7-9/h1-6H,7H2. The van der Waals surface area contributed by atoms with Gasteiger partial charge >= 0.3 is 0 Å². The van der Waals surface area contributed by atoms with Gasteiger partial charge in [-0.3, -0.25) is 4.79 Å². The Hall–Kier alpha value is -1.57. The molecule has 0 fully saturated rings. The minimum absolute atomic E-state index is 0.00574. The van der Waals surface area contributed by atoms with E-state index in [-0.39, 0.29) is 12.4 Å². The van der Waals surface area contributed by atoms with Crippen LogP contribution in [0.2, 0.25) is 0 Å². The molecular weight excluding hydrogens is 152 g/mol. The molecule has 2 rings (SSSR count). The van der Waals surface area contributed by atoms with E-state index < -0.39 is 0 Å². The second kappa shape index (κ2) is 2.81. The third kappa shape index (κ3) is 1.23. The van der Waals surface area contributed by atoms with Gasteiger partial charge < -0.3 is 4.74 Å². The second-order valence-corrected chi connectivity index (χ2v) is 2.63. The maximum atomic E-state index is 10.9. The third-order valence-corrected chi connectivity index (χ3v) is 1.74. The van der Waals surface area contributed by atoms with Crippen LogP contribution in [0.5, 0.6) is 5.75 Å². The zero-order chi connectivity index (χ0) is 8.39. The molecule has 1 heterocycles. The Balaban J connectivity index is 2.45. The van der Waals surface area contributed by atoms with Crippen LogP contribution in [0.1, 0.15) is 5.56 Å². The van der Waals surface area contributed by atoms with E-state index in [9.17, 15) is 4.79 Å². The van der Waals surface area contributed by atoms with Crippen molar-refractivity contribution in [2.75, 3.05) is 6.61 Å². The molecule has 0 N–H and O–H groups in total. The number of para-hydroxylation sites is 1. The van der Waals surface area contributed by atoms with Gasteiger partial charge in [0.25, 0.3) is 0 Å². The number of hydrogen-bond acceptors (Lipinski definition) is 2. The van der Waals surface area contributed by atoms with Crippen LogP contribution in [0, 0.1) is 0 Å². The van der Waals surface area contributed by atoms with Crippen molar-refractivity contribution in [2.24, 2.45) is 0 Å². The summed E-state index contributed by atoms with van der Waals surface area (Å²) in [7, 11) is 0. The molecule has 0 aliphatic carbocycles. The highest BCUT2D eigenvalue weighted by Crippen LogP contribution is 2.21. The summed E-state index contributed by atoms with van der Waals surface area (Å²) in [6.07, 6.45) is 3.33. The molecule has 2 heteroatoms. The molecule has 2 nitrogen and oxygen atoms in total. The fourth-order valence-corrected chi connectivity index (χ4v) is 1.13. The summed E-state index contributed by atoms with van der Waals surface area (Å²) < 4.78 is 5.25. The lowest BCUT2D eigenvalue weighted by Gasteiger charge is -2.03. The van der Waals surface area contributed by atoms with E-state index in [1.807, 2.05) is 24.3 Å². The van der Waals surface area contributed by atoms with Crippen molar-refractivity contribution in [2.45, 2.75) is 0 Å². The van der Waals surface area contributed by atoms with E-state index in [2.05, 4.69) is 0 Å². The Bertz CT molecular complexity index is 339. The first-order valence-corrected chi connectivity index (χ1v) is 3.79. The van der Waals surface area contributed by atoms with E-state index >= 15 is 0 Å². The van der Waals surface area contributed by atoms with Crippen molar-refractivity contribution in [3.63, 3.8) is 0 Å². The molecule has 0 spiro atoms. The molecule has 1 aromatic rings. The Kier molecular flexibility index (Phi) is 1.67. The van der Waals surface area contributed by atoms with Crippen LogP contribution in [0.15, 0.2) is 30.3 Å². The number of fused-ring (bicyclic) bond motifs is 1. The molecule has 60 valence electrons. The van der Waals surface area contributed by atoms with Crippen LogP contribution in [-0.2, 0) is 4.79 Å². The lowest BCUT2D eigenvalue weighted by Crippen LogP contribution is -2.06. The maximum Gasteiger partial charge on any atom is 0.193 e. The summed E-state index contributed by atoms with van der Waals surface area (Å²) in [6.45, 7) is 0.146. The number of ether oxygens (including phenoxy) is 1. The molecule has 1 aliphatic rings. The summed E-state index contributed by atoms with van der Waals surface area (Å²) in [5.41, 5.74) is 0.961. The van der Waals surface area contributed by atoms with Crippen molar-refractivity contribution >= 4 is 11.9 Å². The highest BCUT2D eigenvalue weighted by atomic mass is 16.5. The van der Waals surface area contributed by atoms with Crippen molar-refractivity contribution < 1.29 is 9.53 Å². The van der Waals surface area contributed by atoms with Crippen LogP contribution in [0.25, 0.3) is 6.08 Å². The highest BCUT2D eigenvalue weighted by Gasteiger charge is 2.06. The predicted octanol–water partition coefficient (Wildman–Crippen LogP) is 1.66. The summed E-state index contributed by atoms with van der Waals surface area (Å²) in [5.74, 6) is 0.783. The normalized spacial score (nSPS) is 14.8. The number of ketones is 1. The van der Waals surface area contributed by atoms with E-state index in [1.54, 1.807) is 12.2 Å². The van der Waals surface area contributed by atoms with E-state index in [1.165, 1.54) is 0 Å². The number of carbonyl (C=O) groups is 1. The van der Waals surface area contributed by atoms with Crippen molar-refractivity contribution in [1.29, 1.82) is 0 Å². The molecule has 1 aliphatic heterocycles. The van der Waals surface area contributed by atoms with Crippen LogP contribution in [0.3, 0.4) is 0 Å². The molecule has 0 bridgehead atoms. The van der Waals surface area contributed by atoms with Gasteiger partial charge in [-0.05, 0) is 18.2 Å². The monoisotopic (exact) mass is 160 g/mol. The minimum Gasteiger partial charge on any atom is -0.485 e. The molecule has 0 saturated heterocycles.